The summed E-state index contributed by atoms with van der Waals surface area (Å²) in [5, 5.41) is 6.47. The van der Waals surface area contributed by atoms with Gasteiger partial charge in [0.15, 0.2) is 5.03 Å². The van der Waals surface area contributed by atoms with Crippen molar-refractivity contribution in [3.05, 3.63) is 77.1 Å². The molecule has 1 aliphatic rings. The molecule has 0 radical (unpaired) electrons. The van der Waals surface area contributed by atoms with Gasteiger partial charge in [-0.1, -0.05) is 53.7 Å². The van der Waals surface area contributed by atoms with E-state index in [0.29, 0.717) is 17.4 Å². The number of nitrogens with one attached hydrogen (secondary N) is 3. The van der Waals surface area contributed by atoms with Crippen molar-refractivity contribution in [1.82, 2.24) is 25.0 Å². The molecule has 3 aromatic rings. The number of aromatic nitrogens is 3. The van der Waals surface area contributed by atoms with Crippen molar-refractivity contribution in [3.8, 4) is 0 Å². The van der Waals surface area contributed by atoms with Crippen molar-refractivity contribution >= 4 is 21.7 Å². The number of carbonyl (C=O) groups is 1. The minimum Gasteiger partial charge on any atom is -0.362 e. The quantitative estimate of drug-likeness (QED) is 0.265. The summed E-state index contributed by atoms with van der Waals surface area (Å²) < 4.78 is 42.9. The maximum atomic E-state index is 14.7. The van der Waals surface area contributed by atoms with E-state index in [1.165, 1.54) is 18.2 Å². The van der Waals surface area contributed by atoms with Crippen LogP contribution in [0.2, 0.25) is 0 Å². The summed E-state index contributed by atoms with van der Waals surface area (Å²) in [6.07, 6.45) is 5.94. The van der Waals surface area contributed by atoms with Gasteiger partial charge in [0.05, 0.1) is 17.3 Å². The molecule has 1 saturated heterocycles. The van der Waals surface area contributed by atoms with Gasteiger partial charge in [0.25, 0.3) is 15.9 Å². The fourth-order valence-electron chi connectivity index (χ4n) is 5.00. The number of carbonyl (C=O) groups excluding carboxylic acids is 1. The van der Waals surface area contributed by atoms with Crippen molar-refractivity contribution in [3.63, 3.8) is 0 Å². The molecule has 3 aromatic heterocycles. The Hall–Kier alpha value is -3.44. The highest BCUT2D eigenvalue weighted by atomic mass is 32.2. The van der Waals surface area contributed by atoms with Gasteiger partial charge < -0.3 is 10.6 Å². The number of hydrogen-bond acceptors (Lipinski definition) is 8. The Balaban J connectivity index is 1.54. The van der Waals surface area contributed by atoms with Gasteiger partial charge in [-0.05, 0) is 86.0 Å². The van der Waals surface area contributed by atoms with E-state index < -0.39 is 32.9 Å². The van der Waals surface area contributed by atoms with E-state index in [1.807, 2.05) is 37.8 Å². The van der Waals surface area contributed by atoms with Crippen LogP contribution in [0.25, 0.3) is 0 Å². The third-order valence-electron chi connectivity index (χ3n) is 7.68. The Bertz CT molecular complexity index is 1530. The number of halogens is 1. The molecule has 1 fully saturated rings. The van der Waals surface area contributed by atoms with Gasteiger partial charge in [0.1, 0.15) is 5.82 Å². The van der Waals surface area contributed by atoms with Crippen LogP contribution in [0.5, 0.6) is 0 Å². The Morgan fingerprint density at radius 3 is 2.42 bits per heavy atom. The summed E-state index contributed by atoms with van der Waals surface area (Å²) in [4.78, 5) is 25.7. The number of hydrogen-bond donors (Lipinski definition) is 3. The summed E-state index contributed by atoms with van der Waals surface area (Å²) in [5.41, 5.74) is 1.46. The highest BCUT2D eigenvalue weighted by molar-refractivity contribution is 7.90. The first-order chi connectivity index (χ1) is 20.1. The molecule has 1 amide bonds. The van der Waals surface area contributed by atoms with Crippen molar-refractivity contribution < 1.29 is 17.6 Å². The second-order valence-corrected chi connectivity index (χ2v) is 14.9. The molecule has 43 heavy (non-hydrogen) atoms. The average molecular weight is 611 g/mol. The van der Waals surface area contributed by atoms with Crippen molar-refractivity contribution in [2.45, 2.75) is 89.1 Å². The maximum Gasteiger partial charge on any atom is 0.281 e. The standard InChI is InChI=1S/C32H43FN6O3S/c1-31(2,3)22-13-16-24(35-20-22)25(15-12-21-9-8-18-34-19-21)36-27-10-7-11-28(38-27)43(41,42)39-30(40)23-14-17-26(32(4,5)6)37-29(23)33/h7,10-11,13-14,16-17,20-21,25,34H,8-9,12,15,18-19H2,1-6H3,(H,36,38)(H,39,40)/t21-,25?/m1/s1. The molecule has 232 valence electrons. The molecule has 2 atom stereocenters. The first-order valence-corrected chi connectivity index (χ1v) is 16.3. The molecule has 11 heteroatoms. The van der Waals surface area contributed by atoms with Gasteiger partial charge >= 0.3 is 0 Å². The van der Waals surface area contributed by atoms with Gasteiger partial charge in [-0.2, -0.15) is 12.8 Å². The molecule has 0 bridgehead atoms. The largest absolute Gasteiger partial charge is 0.362 e. The monoisotopic (exact) mass is 610 g/mol. The molecule has 0 aliphatic carbocycles. The Morgan fingerprint density at radius 2 is 1.81 bits per heavy atom. The molecule has 0 spiro atoms. The number of sulfonamides is 1. The normalized spacial score (nSPS) is 16.9. The van der Waals surface area contributed by atoms with Crippen LogP contribution in [0.4, 0.5) is 10.2 Å². The van der Waals surface area contributed by atoms with Gasteiger partial charge in [-0.3, -0.25) is 9.78 Å². The van der Waals surface area contributed by atoms with E-state index in [0.717, 1.165) is 50.0 Å². The second-order valence-electron chi connectivity index (χ2n) is 13.3. The lowest BCUT2D eigenvalue weighted by molar-refractivity contribution is 0.0976. The minimum atomic E-state index is -4.41. The van der Waals surface area contributed by atoms with Crippen LogP contribution in [0, 0.1) is 11.9 Å². The predicted octanol–water partition coefficient (Wildman–Crippen LogP) is 5.66. The van der Waals surface area contributed by atoms with Crippen LogP contribution in [0.1, 0.15) is 101 Å². The SMILES string of the molecule is CC(C)(C)c1ccc(C(CC[C@H]2CCCNC2)Nc2cccc(S(=O)(=O)NC(=O)c3ccc(C(C)(C)C)nc3F)n2)nc1. The second kappa shape index (κ2) is 13.1. The summed E-state index contributed by atoms with van der Waals surface area (Å²) in [7, 11) is -4.41. The molecule has 4 rings (SSSR count). The number of piperidine rings is 1. The summed E-state index contributed by atoms with van der Waals surface area (Å²) in [6.45, 7) is 14.0. The van der Waals surface area contributed by atoms with Crippen LogP contribution >= 0.6 is 0 Å². The predicted molar refractivity (Wildman–Crippen MR) is 166 cm³/mol. The molecule has 0 aromatic carbocycles. The Morgan fingerprint density at radius 1 is 1.05 bits per heavy atom. The first kappa shape index (κ1) is 32.5. The number of amides is 1. The minimum absolute atomic E-state index is 0.0372. The fourth-order valence-corrected chi connectivity index (χ4v) is 5.93. The number of nitrogens with zero attached hydrogens (tertiary/aromatic N) is 3. The van der Waals surface area contributed by atoms with Crippen LogP contribution in [0.3, 0.4) is 0 Å². The van der Waals surface area contributed by atoms with E-state index in [1.54, 1.807) is 12.1 Å². The molecule has 4 heterocycles. The zero-order chi connectivity index (χ0) is 31.4. The smallest absolute Gasteiger partial charge is 0.281 e. The van der Waals surface area contributed by atoms with E-state index in [-0.39, 0.29) is 16.5 Å². The van der Waals surface area contributed by atoms with Crippen LogP contribution < -0.4 is 15.4 Å². The molecule has 0 saturated carbocycles. The lowest BCUT2D eigenvalue weighted by atomic mass is 9.87. The van der Waals surface area contributed by atoms with Crippen molar-refractivity contribution in [2.75, 3.05) is 18.4 Å². The summed E-state index contributed by atoms with van der Waals surface area (Å²) >= 11 is 0. The highest BCUT2D eigenvalue weighted by Crippen LogP contribution is 2.29. The molecule has 3 N–H and O–H groups in total. The van der Waals surface area contributed by atoms with E-state index in [2.05, 4.69) is 47.4 Å². The zero-order valence-electron chi connectivity index (χ0n) is 25.9. The lowest BCUT2D eigenvalue weighted by Gasteiger charge is -2.26. The molecule has 1 aliphatic heterocycles. The number of rotatable bonds is 9. The van der Waals surface area contributed by atoms with Gasteiger partial charge in [-0.15, -0.1) is 0 Å². The van der Waals surface area contributed by atoms with Crippen LogP contribution in [0.15, 0.2) is 53.7 Å². The topological polar surface area (TPSA) is 126 Å². The summed E-state index contributed by atoms with van der Waals surface area (Å²) in [6, 6.07) is 11.1. The van der Waals surface area contributed by atoms with Crippen LogP contribution in [-0.2, 0) is 20.9 Å². The summed E-state index contributed by atoms with van der Waals surface area (Å²) in [5.74, 6) is -1.28. The molecule has 9 nitrogen and oxygen atoms in total. The van der Waals surface area contributed by atoms with E-state index in [4.69, 9.17) is 4.98 Å². The Kier molecular flexibility index (Phi) is 9.86. The first-order valence-electron chi connectivity index (χ1n) is 14.8. The lowest BCUT2D eigenvalue weighted by Crippen LogP contribution is -2.32. The van der Waals surface area contributed by atoms with E-state index in [9.17, 15) is 17.6 Å². The highest BCUT2D eigenvalue weighted by Gasteiger charge is 2.26. The third-order valence-corrected chi connectivity index (χ3v) is 8.91. The van der Waals surface area contributed by atoms with Crippen molar-refractivity contribution in [1.29, 1.82) is 0 Å². The van der Waals surface area contributed by atoms with E-state index >= 15 is 0 Å². The number of anilines is 1. The molecular weight excluding hydrogens is 567 g/mol. The number of pyridine rings is 3. The van der Waals surface area contributed by atoms with Gasteiger partial charge in [0, 0.05) is 17.3 Å². The zero-order valence-corrected chi connectivity index (χ0v) is 26.7. The Labute approximate surface area is 254 Å². The average Bonchev–Trinajstić information content (AvgIpc) is 2.95. The van der Waals surface area contributed by atoms with Crippen molar-refractivity contribution in [2.24, 2.45) is 5.92 Å². The molecule has 1 unspecified atom stereocenters. The fraction of sp³-hybridized carbons (Fsp3) is 0.500. The molecular formula is C32H43FN6O3S. The van der Waals surface area contributed by atoms with Gasteiger partial charge in [-0.25, -0.2) is 14.7 Å². The third kappa shape index (κ3) is 8.57. The van der Waals surface area contributed by atoms with Crippen LogP contribution in [-0.4, -0.2) is 42.4 Å². The maximum absolute atomic E-state index is 14.7. The van der Waals surface area contributed by atoms with Gasteiger partial charge in [0.2, 0.25) is 5.95 Å².